The van der Waals surface area contributed by atoms with Crippen LogP contribution < -0.4 is 26.6 Å². The summed E-state index contributed by atoms with van der Waals surface area (Å²) in [6, 6.07) is 1.17. The van der Waals surface area contributed by atoms with Gasteiger partial charge in [-0.05, 0) is 144 Å². The maximum Gasteiger partial charge on any atom is 0.222 e. The Morgan fingerprint density at radius 2 is 0.513 bits per heavy atom. The van der Waals surface area contributed by atoms with Crippen LogP contribution in [-0.4, -0.2) is 97.7 Å². The number of carbonyl (C=O) groups is 7. The molecule has 14 nitrogen and oxygen atoms in total. The van der Waals surface area contributed by atoms with Gasteiger partial charge in [0.25, 0.3) is 0 Å². The van der Waals surface area contributed by atoms with Gasteiger partial charge < -0.3 is 36.1 Å². The predicted octanol–water partition coefficient (Wildman–Crippen LogP) is 13.2. The van der Waals surface area contributed by atoms with Crippen molar-refractivity contribution in [3.63, 3.8) is 0 Å². The maximum absolute atomic E-state index is 11.6. The third-order valence-electron chi connectivity index (χ3n) is 10.7. The molecule has 0 bridgehead atoms. The summed E-state index contributed by atoms with van der Waals surface area (Å²) in [6.07, 6.45) is 17.8. The van der Waals surface area contributed by atoms with Crippen molar-refractivity contribution in [1.82, 2.24) is 26.6 Å². The summed E-state index contributed by atoms with van der Waals surface area (Å²) in [4.78, 5) is 79.1. The zero-order chi connectivity index (χ0) is 59.4. The highest BCUT2D eigenvalue weighted by atomic mass is 16.5. The van der Waals surface area contributed by atoms with Crippen molar-refractivity contribution >= 4 is 41.1 Å². The topological polar surface area (TPSA) is 198 Å². The number of amides is 5. The first kappa shape index (κ1) is 81.5. The first-order valence-electron chi connectivity index (χ1n) is 30.0. The Kier molecular flexibility index (Phi) is 60.4. The fraction of sp³-hybridized carbons (Fsp3) is 0.887. The van der Waals surface area contributed by atoms with Crippen LogP contribution in [0.5, 0.6) is 0 Å². The van der Waals surface area contributed by atoms with Gasteiger partial charge in [-0.2, -0.15) is 0 Å². The standard InChI is InChI=1S/C16H31NO3.C15H29NO3.C12H25NO.C10H21NO.C9H19NO/c1-13(2)7-5-8-15(18)9-6-11-20-12-10-16(19)17-14(3)4;1-12(2)7-8-14(17)6-5-10-19-11-9-15(18)16-13(3)4;1-10(2)8-6-5-7-9-12(14)13-11(3)4;1-8(2)6-5-7-10(12)11-9(3)4;1-7(2)5-6-9(11)10-8(3)4/h13-14H,5-12H2,1-4H3,(H,17,19);12-13H,5-11H2,1-4H3,(H,16,18);10-11H,5-9H2,1-4H3,(H,13,14);8-9H,5-7H2,1-4H3,(H,11,12);7-8H,5-6H2,1-4H3,(H,10,11). The SMILES string of the molecule is CC(C)CCC(=O)CCCOCCC(=O)NC(C)C.CC(C)CCC(=O)NC(C)C.CC(C)CCCC(=O)CCCOCCC(=O)NC(C)C.CC(C)CCCC(=O)NC(C)C.CC(C)CCCCCC(=O)NC(C)C. The van der Waals surface area contributed by atoms with E-state index in [2.05, 4.69) is 95.8 Å². The van der Waals surface area contributed by atoms with Gasteiger partial charge in [0.2, 0.25) is 29.5 Å². The molecule has 0 spiro atoms. The second kappa shape index (κ2) is 56.3. The minimum Gasteiger partial charge on any atom is -0.381 e. The minimum atomic E-state index is 0.0167. The molecule has 0 aromatic carbocycles. The molecule has 0 aromatic rings. The van der Waals surface area contributed by atoms with Gasteiger partial charge in [0, 0.05) is 101 Å². The summed E-state index contributed by atoms with van der Waals surface area (Å²) in [5, 5.41) is 14.3. The zero-order valence-electron chi connectivity index (χ0n) is 53.1. The fourth-order valence-corrected chi connectivity index (χ4v) is 6.76. The lowest BCUT2D eigenvalue weighted by Gasteiger charge is -2.08. The quantitative estimate of drug-likeness (QED) is 0.0372. The summed E-state index contributed by atoms with van der Waals surface area (Å²) in [6.45, 7) is 43.3. The Morgan fingerprint density at radius 3 is 0.855 bits per heavy atom. The average Bonchev–Trinajstić information content (AvgIpc) is 3.26. The van der Waals surface area contributed by atoms with Gasteiger partial charge in [0.1, 0.15) is 11.6 Å². The molecule has 0 rings (SSSR count). The molecule has 0 saturated heterocycles. The molecule has 76 heavy (non-hydrogen) atoms. The smallest absolute Gasteiger partial charge is 0.222 e. The Morgan fingerprint density at radius 1 is 0.250 bits per heavy atom. The zero-order valence-corrected chi connectivity index (χ0v) is 53.1. The van der Waals surface area contributed by atoms with Crippen LogP contribution in [0.2, 0.25) is 0 Å². The summed E-state index contributed by atoms with van der Waals surface area (Å²) in [7, 11) is 0. The molecule has 14 heteroatoms. The average molecular weight is 1080 g/mol. The molecule has 0 heterocycles. The monoisotopic (exact) mass is 1080 g/mol. The molecule has 0 aromatic heterocycles. The predicted molar refractivity (Wildman–Crippen MR) is 319 cm³/mol. The van der Waals surface area contributed by atoms with E-state index in [0.29, 0.717) is 119 Å². The molecule has 0 fully saturated rings. The second-order valence-electron chi connectivity index (χ2n) is 24.1. The van der Waals surface area contributed by atoms with E-state index in [4.69, 9.17) is 9.47 Å². The molecule has 5 amide bonds. The third kappa shape index (κ3) is 82.0. The lowest BCUT2D eigenvalue weighted by atomic mass is 10.0. The Balaban J connectivity index is -0.000000282. The van der Waals surface area contributed by atoms with Crippen LogP contribution >= 0.6 is 0 Å². The van der Waals surface area contributed by atoms with E-state index in [9.17, 15) is 33.6 Å². The second-order valence-corrected chi connectivity index (χ2v) is 24.1. The van der Waals surface area contributed by atoms with E-state index >= 15 is 0 Å². The molecule has 0 aliphatic carbocycles. The van der Waals surface area contributed by atoms with Crippen molar-refractivity contribution in [2.45, 2.75) is 304 Å². The van der Waals surface area contributed by atoms with Crippen LogP contribution in [0.1, 0.15) is 273 Å². The van der Waals surface area contributed by atoms with Gasteiger partial charge in [-0.15, -0.1) is 0 Å². The minimum absolute atomic E-state index is 0.0167. The van der Waals surface area contributed by atoms with Gasteiger partial charge in [0.05, 0.1) is 13.2 Å². The fourth-order valence-electron chi connectivity index (χ4n) is 6.76. The van der Waals surface area contributed by atoms with Crippen molar-refractivity contribution in [2.75, 3.05) is 26.4 Å². The Hall–Kier alpha value is -3.39. The van der Waals surface area contributed by atoms with Gasteiger partial charge in [-0.3, -0.25) is 33.6 Å². The molecule has 0 aliphatic heterocycles. The van der Waals surface area contributed by atoms with Crippen LogP contribution in [0, 0.1) is 29.6 Å². The number of rotatable bonds is 39. The van der Waals surface area contributed by atoms with Crippen LogP contribution in [0.25, 0.3) is 0 Å². The summed E-state index contributed by atoms with van der Waals surface area (Å²) >= 11 is 0. The van der Waals surface area contributed by atoms with Crippen molar-refractivity contribution < 1.29 is 43.0 Å². The summed E-state index contributed by atoms with van der Waals surface area (Å²) in [5.74, 6) is 4.60. The van der Waals surface area contributed by atoms with E-state index in [-0.39, 0.29) is 59.7 Å². The van der Waals surface area contributed by atoms with Gasteiger partial charge in [-0.25, -0.2) is 0 Å². The maximum atomic E-state index is 11.6. The van der Waals surface area contributed by atoms with Crippen LogP contribution in [0.15, 0.2) is 0 Å². The number of nitrogens with one attached hydrogen (secondary N) is 5. The first-order chi connectivity index (χ1) is 35.4. The van der Waals surface area contributed by atoms with E-state index in [1.54, 1.807) is 0 Å². The Bertz CT molecular complexity index is 1410. The van der Waals surface area contributed by atoms with Crippen LogP contribution in [0.4, 0.5) is 0 Å². The van der Waals surface area contributed by atoms with Crippen molar-refractivity contribution in [3.05, 3.63) is 0 Å². The molecule has 0 unspecified atom stereocenters. The van der Waals surface area contributed by atoms with E-state index in [1.807, 2.05) is 69.2 Å². The number of carbonyl (C=O) groups excluding carboxylic acids is 7. The van der Waals surface area contributed by atoms with Crippen molar-refractivity contribution in [3.8, 4) is 0 Å². The van der Waals surface area contributed by atoms with Gasteiger partial charge in [-0.1, -0.05) is 101 Å². The molecule has 0 atom stereocenters. The number of unbranched alkanes of at least 4 members (excludes halogenated alkanes) is 2. The molecule has 452 valence electrons. The number of hydrogen-bond acceptors (Lipinski definition) is 9. The first-order valence-corrected chi connectivity index (χ1v) is 30.0. The molecular weight excluding hydrogens is 959 g/mol. The van der Waals surface area contributed by atoms with Gasteiger partial charge >= 0.3 is 0 Å². The Labute approximate surface area is 468 Å². The van der Waals surface area contributed by atoms with Crippen LogP contribution in [-0.2, 0) is 43.0 Å². The number of hydrogen-bond donors (Lipinski definition) is 5. The lowest BCUT2D eigenvalue weighted by molar-refractivity contribution is -0.123. The highest BCUT2D eigenvalue weighted by Gasteiger charge is 2.09. The molecule has 0 radical (unpaired) electrons. The lowest BCUT2D eigenvalue weighted by Crippen LogP contribution is -2.30. The number of ether oxygens (including phenoxy) is 2. The van der Waals surface area contributed by atoms with E-state index < -0.39 is 0 Å². The molecule has 0 aliphatic rings. The van der Waals surface area contributed by atoms with Gasteiger partial charge in [0.15, 0.2) is 0 Å². The normalized spacial score (nSPS) is 11.0. The highest BCUT2D eigenvalue weighted by molar-refractivity contribution is 5.79. The molecule has 5 N–H and O–H groups in total. The number of ketones is 2. The molecule has 0 saturated carbocycles. The van der Waals surface area contributed by atoms with Crippen molar-refractivity contribution in [1.29, 1.82) is 0 Å². The summed E-state index contributed by atoms with van der Waals surface area (Å²) < 4.78 is 10.7. The van der Waals surface area contributed by atoms with Crippen molar-refractivity contribution in [2.24, 2.45) is 29.6 Å². The summed E-state index contributed by atoms with van der Waals surface area (Å²) in [5.41, 5.74) is 0. The highest BCUT2D eigenvalue weighted by Crippen LogP contribution is 2.11. The van der Waals surface area contributed by atoms with E-state index in [0.717, 1.165) is 63.7 Å². The largest absolute Gasteiger partial charge is 0.381 e. The molecular formula is C62H125N5O9. The third-order valence-corrected chi connectivity index (χ3v) is 10.7. The van der Waals surface area contributed by atoms with Crippen LogP contribution in [0.3, 0.4) is 0 Å². The number of Topliss-reactive ketones (excluding diaryl/α,β-unsaturated/α-hetero) is 2. The van der Waals surface area contributed by atoms with E-state index in [1.165, 1.54) is 19.3 Å².